The Balaban J connectivity index is 1.50. The number of amides is 1. The van der Waals surface area contributed by atoms with Crippen molar-refractivity contribution in [2.75, 3.05) is 13.1 Å². The summed E-state index contributed by atoms with van der Waals surface area (Å²) < 4.78 is 0. The van der Waals surface area contributed by atoms with Crippen molar-refractivity contribution >= 4 is 16.9 Å². The molecule has 0 spiro atoms. The molecule has 1 amide bonds. The highest BCUT2D eigenvalue weighted by molar-refractivity contribution is 5.94. The number of fused-ring (bicyclic) bond motifs is 1. The van der Waals surface area contributed by atoms with Gasteiger partial charge in [-0.25, -0.2) is 4.98 Å². The number of para-hydroxylation sites is 2. The molecule has 3 aromatic rings. The Morgan fingerprint density at radius 1 is 1.24 bits per heavy atom. The highest BCUT2D eigenvalue weighted by atomic mass is 16.2. The summed E-state index contributed by atoms with van der Waals surface area (Å²) in [6, 6.07) is 9.08. The molecule has 106 valence electrons. The minimum absolute atomic E-state index is 0.111. The summed E-state index contributed by atoms with van der Waals surface area (Å²) in [5.41, 5.74) is 2.33. The van der Waals surface area contributed by atoms with E-state index >= 15 is 0 Å². The molecule has 4 rings (SSSR count). The van der Waals surface area contributed by atoms with E-state index in [1.807, 2.05) is 24.3 Å². The number of nitrogens with zero attached hydrogens (tertiary/aromatic N) is 2. The van der Waals surface area contributed by atoms with Crippen molar-refractivity contribution in [1.29, 1.82) is 0 Å². The zero-order valence-corrected chi connectivity index (χ0v) is 11.1. The van der Waals surface area contributed by atoms with Crippen LogP contribution in [0.5, 0.6) is 0 Å². The first-order chi connectivity index (χ1) is 10.2. The molecule has 1 fully saturated rings. The molecule has 3 N–H and O–H groups in total. The van der Waals surface area contributed by atoms with E-state index in [4.69, 9.17) is 0 Å². The SMILES string of the molecule is O=C(c1nc2ccccc2[nH]1)N1CC(c2cc(=O)[nH][nH]2)C1. The Morgan fingerprint density at radius 3 is 2.76 bits per heavy atom. The predicted octanol–water partition coefficient (Wildman–Crippen LogP) is 0.819. The molecule has 3 heterocycles. The predicted molar refractivity (Wildman–Crippen MR) is 76.2 cm³/mol. The summed E-state index contributed by atoms with van der Waals surface area (Å²) in [4.78, 5) is 32.5. The van der Waals surface area contributed by atoms with Gasteiger partial charge in [-0.2, -0.15) is 0 Å². The Hall–Kier alpha value is -2.83. The second-order valence-electron chi connectivity index (χ2n) is 5.22. The summed E-state index contributed by atoms with van der Waals surface area (Å²) >= 11 is 0. The van der Waals surface area contributed by atoms with Crippen LogP contribution in [0.15, 0.2) is 35.1 Å². The average Bonchev–Trinajstić information content (AvgIpc) is 3.03. The van der Waals surface area contributed by atoms with Crippen LogP contribution in [0.1, 0.15) is 22.2 Å². The number of rotatable bonds is 2. The van der Waals surface area contributed by atoms with Crippen LogP contribution in [-0.2, 0) is 0 Å². The summed E-state index contributed by atoms with van der Waals surface area (Å²) in [5.74, 6) is 0.426. The third-order valence-electron chi connectivity index (χ3n) is 3.82. The van der Waals surface area contributed by atoms with E-state index in [0.717, 1.165) is 16.7 Å². The van der Waals surface area contributed by atoms with Crippen molar-refractivity contribution in [3.63, 3.8) is 0 Å². The fourth-order valence-corrected chi connectivity index (χ4v) is 2.61. The lowest BCUT2D eigenvalue weighted by Gasteiger charge is -2.38. The molecule has 7 heteroatoms. The van der Waals surface area contributed by atoms with Crippen LogP contribution in [0.2, 0.25) is 0 Å². The van der Waals surface area contributed by atoms with Gasteiger partial charge in [0.1, 0.15) is 0 Å². The maximum atomic E-state index is 12.3. The topological polar surface area (TPSA) is 97.6 Å². The van der Waals surface area contributed by atoms with Gasteiger partial charge in [0.25, 0.3) is 11.5 Å². The zero-order chi connectivity index (χ0) is 14.4. The summed E-state index contributed by atoms with van der Waals surface area (Å²) in [5, 5.41) is 5.34. The number of hydrogen-bond acceptors (Lipinski definition) is 3. The van der Waals surface area contributed by atoms with E-state index in [-0.39, 0.29) is 17.4 Å². The van der Waals surface area contributed by atoms with Crippen LogP contribution in [0.25, 0.3) is 11.0 Å². The van der Waals surface area contributed by atoms with E-state index in [1.165, 1.54) is 6.07 Å². The van der Waals surface area contributed by atoms with Gasteiger partial charge in [0.2, 0.25) is 0 Å². The highest BCUT2D eigenvalue weighted by Gasteiger charge is 2.34. The number of aromatic amines is 3. The standard InChI is InChI=1S/C14H13N5O2/c20-12-5-11(17-18-12)8-6-19(7-8)14(21)13-15-9-3-1-2-4-10(9)16-13/h1-5,8H,6-7H2,(H,15,16)(H2,17,18,20). The smallest absolute Gasteiger partial charge is 0.289 e. The number of imidazole rings is 1. The van der Waals surface area contributed by atoms with Gasteiger partial charge >= 0.3 is 0 Å². The van der Waals surface area contributed by atoms with Crippen molar-refractivity contribution < 1.29 is 4.79 Å². The van der Waals surface area contributed by atoms with Gasteiger partial charge < -0.3 is 15.0 Å². The minimum Gasteiger partial charge on any atom is -0.335 e. The number of hydrogen-bond donors (Lipinski definition) is 3. The number of aromatic nitrogens is 4. The lowest BCUT2D eigenvalue weighted by molar-refractivity contribution is 0.0587. The Kier molecular flexibility index (Phi) is 2.47. The van der Waals surface area contributed by atoms with Gasteiger partial charge in [-0.05, 0) is 12.1 Å². The molecule has 1 saturated heterocycles. The van der Waals surface area contributed by atoms with E-state index < -0.39 is 0 Å². The lowest BCUT2D eigenvalue weighted by atomic mass is 9.96. The molecule has 2 aromatic heterocycles. The zero-order valence-electron chi connectivity index (χ0n) is 11.1. The molecule has 0 atom stereocenters. The number of carbonyl (C=O) groups excluding carboxylic acids is 1. The van der Waals surface area contributed by atoms with Crippen molar-refractivity contribution in [3.05, 3.63) is 52.2 Å². The molecular weight excluding hydrogens is 270 g/mol. The van der Waals surface area contributed by atoms with Gasteiger partial charge in [-0.3, -0.25) is 14.7 Å². The first kappa shape index (κ1) is 12.0. The van der Waals surface area contributed by atoms with Gasteiger partial charge in [-0.15, -0.1) is 0 Å². The third-order valence-corrected chi connectivity index (χ3v) is 3.82. The van der Waals surface area contributed by atoms with E-state index in [2.05, 4.69) is 20.2 Å². The number of H-pyrrole nitrogens is 3. The second-order valence-corrected chi connectivity index (χ2v) is 5.22. The lowest BCUT2D eigenvalue weighted by Crippen LogP contribution is -2.48. The number of benzene rings is 1. The maximum Gasteiger partial charge on any atom is 0.289 e. The highest BCUT2D eigenvalue weighted by Crippen LogP contribution is 2.26. The largest absolute Gasteiger partial charge is 0.335 e. The van der Waals surface area contributed by atoms with E-state index in [0.29, 0.717) is 18.9 Å². The van der Waals surface area contributed by atoms with Crippen LogP contribution < -0.4 is 5.56 Å². The second kappa shape index (κ2) is 4.34. The van der Waals surface area contributed by atoms with Crippen LogP contribution >= 0.6 is 0 Å². The first-order valence-corrected chi connectivity index (χ1v) is 6.72. The molecule has 7 nitrogen and oxygen atoms in total. The molecule has 0 saturated carbocycles. The van der Waals surface area contributed by atoms with Crippen LogP contribution in [0, 0.1) is 0 Å². The van der Waals surface area contributed by atoms with Gasteiger partial charge in [0.05, 0.1) is 11.0 Å². The quantitative estimate of drug-likeness (QED) is 0.649. The van der Waals surface area contributed by atoms with Gasteiger partial charge in [-0.1, -0.05) is 12.1 Å². The van der Waals surface area contributed by atoms with Crippen LogP contribution in [0.4, 0.5) is 0 Å². The molecule has 1 aromatic carbocycles. The number of carbonyl (C=O) groups is 1. The summed E-state index contributed by atoms with van der Waals surface area (Å²) in [6.07, 6.45) is 0. The number of nitrogens with one attached hydrogen (secondary N) is 3. The molecule has 0 aliphatic carbocycles. The number of likely N-dealkylation sites (tertiary alicyclic amines) is 1. The Morgan fingerprint density at radius 2 is 2.05 bits per heavy atom. The van der Waals surface area contributed by atoms with Crippen LogP contribution in [-0.4, -0.2) is 44.1 Å². The Bertz CT molecular complexity index is 836. The van der Waals surface area contributed by atoms with Crippen molar-refractivity contribution in [2.24, 2.45) is 0 Å². The molecule has 21 heavy (non-hydrogen) atoms. The minimum atomic E-state index is -0.146. The van der Waals surface area contributed by atoms with E-state index in [9.17, 15) is 9.59 Å². The Labute approximate surface area is 119 Å². The molecule has 0 unspecified atom stereocenters. The van der Waals surface area contributed by atoms with E-state index in [1.54, 1.807) is 4.90 Å². The molecule has 0 bridgehead atoms. The van der Waals surface area contributed by atoms with Crippen LogP contribution in [0.3, 0.4) is 0 Å². The molecule has 1 aliphatic heterocycles. The summed E-state index contributed by atoms with van der Waals surface area (Å²) in [7, 11) is 0. The van der Waals surface area contributed by atoms with Crippen molar-refractivity contribution in [2.45, 2.75) is 5.92 Å². The molecule has 1 aliphatic rings. The fourth-order valence-electron chi connectivity index (χ4n) is 2.61. The third kappa shape index (κ3) is 1.94. The average molecular weight is 283 g/mol. The molecule has 0 radical (unpaired) electrons. The monoisotopic (exact) mass is 283 g/mol. The van der Waals surface area contributed by atoms with Crippen molar-refractivity contribution in [3.8, 4) is 0 Å². The fraction of sp³-hybridized carbons (Fsp3) is 0.214. The van der Waals surface area contributed by atoms with Gasteiger partial charge in [0, 0.05) is 30.8 Å². The van der Waals surface area contributed by atoms with Gasteiger partial charge in [0.15, 0.2) is 5.82 Å². The van der Waals surface area contributed by atoms with Crippen molar-refractivity contribution in [1.82, 2.24) is 25.1 Å². The first-order valence-electron chi connectivity index (χ1n) is 6.72. The summed E-state index contributed by atoms with van der Waals surface area (Å²) in [6.45, 7) is 1.17. The normalized spacial score (nSPS) is 15.3. The molecular formula is C14H13N5O2. The maximum absolute atomic E-state index is 12.3.